The van der Waals surface area contributed by atoms with Crippen molar-refractivity contribution in [1.82, 2.24) is 0 Å². The van der Waals surface area contributed by atoms with Crippen molar-refractivity contribution in [2.24, 2.45) is 0 Å². The Morgan fingerprint density at radius 3 is 0.909 bits per heavy atom. The maximum absolute atomic E-state index is 2.33. The van der Waals surface area contributed by atoms with Crippen molar-refractivity contribution in [2.45, 2.75) is 79.1 Å². The molecule has 0 amide bonds. The number of quaternary nitrogens is 1. The lowest BCUT2D eigenvalue weighted by molar-refractivity contribution is -0.929. The van der Waals surface area contributed by atoms with Crippen LogP contribution in [0.1, 0.15) is 79.1 Å². The molecule has 0 aromatic rings. The van der Waals surface area contributed by atoms with Crippen LogP contribution in [-0.2, 0) is 0 Å². The maximum atomic E-state index is 2.33. The van der Waals surface area contributed by atoms with E-state index in [2.05, 4.69) is 46.5 Å². The molecule has 0 aliphatic rings. The predicted molar refractivity (Wildman–Crippen MR) is 115 cm³/mol. The zero-order valence-electron chi connectivity index (χ0n) is 17.3. The molecule has 22 heavy (non-hydrogen) atoms. The number of hydrogen-bond acceptors (Lipinski definition) is 0. The van der Waals surface area contributed by atoms with Crippen LogP contribution in [0.2, 0.25) is 0 Å². The van der Waals surface area contributed by atoms with E-state index in [1.165, 1.54) is 91.4 Å². The van der Waals surface area contributed by atoms with Crippen LogP contribution >= 0.6 is 9.48 Å². The Morgan fingerprint density at radius 1 is 0.591 bits per heavy atom. The summed E-state index contributed by atoms with van der Waals surface area (Å²) in [5.74, 6) is 0. The highest BCUT2D eigenvalue weighted by molar-refractivity contribution is 8.48. The number of hydrogen-bond donors (Lipinski definition) is 0. The van der Waals surface area contributed by atoms with Gasteiger partial charge in [-0.25, -0.2) is 0 Å². The molecule has 0 saturated carbocycles. The summed E-state index contributed by atoms with van der Waals surface area (Å²) in [5, 5.41) is 0. The van der Waals surface area contributed by atoms with Crippen LogP contribution in [0.5, 0.6) is 0 Å². The van der Waals surface area contributed by atoms with Crippen molar-refractivity contribution in [2.75, 3.05) is 44.9 Å². The summed E-state index contributed by atoms with van der Waals surface area (Å²) >= 11 is 0. The largest absolute Gasteiger partial charge is 0.324 e. The van der Waals surface area contributed by atoms with Crippen LogP contribution < -0.4 is 0 Å². The van der Waals surface area contributed by atoms with Crippen LogP contribution in [0.4, 0.5) is 0 Å². The number of rotatable bonds is 12. The van der Waals surface area contributed by atoms with Crippen LogP contribution in [0, 0.1) is 0 Å². The lowest BCUT2D eigenvalue weighted by Crippen LogP contribution is -2.50. The monoisotopic (exact) mass is 350 g/mol. The van der Waals surface area contributed by atoms with E-state index in [-0.39, 0.29) is 9.48 Å². The summed E-state index contributed by atoms with van der Waals surface area (Å²) in [6.07, 6.45) is 18.1. The minimum atomic E-state index is -0.0278. The average molecular weight is 351 g/mol. The Labute approximate surface area is 147 Å². The van der Waals surface area contributed by atoms with Gasteiger partial charge in [0.15, 0.2) is 0 Å². The van der Waals surface area contributed by atoms with E-state index >= 15 is 0 Å². The fraction of sp³-hybridized carbons (Fsp3) is 1.00. The van der Waals surface area contributed by atoms with Crippen molar-refractivity contribution in [1.29, 1.82) is 0 Å². The van der Waals surface area contributed by atoms with Gasteiger partial charge >= 0.3 is 0 Å². The first-order valence-corrected chi connectivity index (χ1v) is 15.4. The van der Waals surface area contributed by atoms with Gasteiger partial charge < -0.3 is 4.48 Å². The lowest BCUT2D eigenvalue weighted by atomic mass is 10.1. The van der Waals surface area contributed by atoms with Crippen molar-refractivity contribution in [3.63, 3.8) is 0 Å². The van der Waals surface area contributed by atoms with E-state index in [9.17, 15) is 0 Å². The van der Waals surface area contributed by atoms with Crippen molar-refractivity contribution >= 4 is 18.9 Å². The average Bonchev–Trinajstić information content (AvgIpc) is 2.44. The maximum Gasteiger partial charge on any atom is 0.0786 e. The van der Waals surface area contributed by atoms with Gasteiger partial charge in [0.2, 0.25) is 0 Å². The molecule has 0 bridgehead atoms. The fourth-order valence-corrected chi connectivity index (χ4v) is 2.64. The second kappa shape index (κ2) is 15.1. The van der Waals surface area contributed by atoms with Gasteiger partial charge in [-0.1, -0.05) is 53.4 Å². The number of nitrogens with zero attached hydrogens (tertiary/aromatic N) is 1. The molecule has 3 heteroatoms. The van der Waals surface area contributed by atoms with Crippen molar-refractivity contribution < 1.29 is 4.48 Å². The molecule has 0 atom stereocenters. The minimum Gasteiger partial charge on any atom is -0.324 e. The molecule has 0 aliphatic heterocycles. The SMILES string of the molecule is CCCC[N+](CCCC)(CCCC)CCCC.CS(C)(C)[SiH3]. The first-order valence-electron chi connectivity index (χ1n) is 9.73. The highest BCUT2D eigenvalue weighted by Crippen LogP contribution is 2.25. The van der Waals surface area contributed by atoms with E-state index < -0.39 is 0 Å². The summed E-state index contributed by atoms with van der Waals surface area (Å²) in [6.45, 7) is 15.0. The summed E-state index contributed by atoms with van der Waals surface area (Å²) in [5.41, 5.74) is 0. The molecule has 0 spiro atoms. The molecule has 0 radical (unpaired) electrons. The summed E-state index contributed by atoms with van der Waals surface area (Å²) in [4.78, 5) is 0. The van der Waals surface area contributed by atoms with Gasteiger partial charge in [0, 0.05) is 9.39 Å². The molecule has 0 heterocycles. The third-order valence-electron chi connectivity index (χ3n) is 3.94. The molecule has 0 fully saturated rings. The molecule has 138 valence electrons. The molecular formula is C19H48NSSi+. The second-order valence-electron chi connectivity index (χ2n) is 8.10. The van der Waals surface area contributed by atoms with Crippen LogP contribution in [-0.4, -0.2) is 58.8 Å². The zero-order chi connectivity index (χ0) is 17.5. The van der Waals surface area contributed by atoms with Gasteiger partial charge in [-0.2, -0.15) is 0 Å². The second-order valence-corrected chi connectivity index (χ2v) is 20.3. The van der Waals surface area contributed by atoms with E-state index in [1.807, 2.05) is 0 Å². The van der Waals surface area contributed by atoms with E-state index in [4.69, 9.17) is 0 Å². The lowest BCUT2D eigenvalue weighted by Gasteiger charge is -2.39. The van der Waals surface area contributed by atoms with Gasteiger partial charge in [0.25, 0.3) is 0 Å². The zero-order valence-corrected chi connectivity index (χ0v) is 20.2. The van der Waals surface area contributed by atoms with E-state index in [0.29, 0.717) is 0 Å². The van der Waals surface area contributed by atoms with Gasteiger partial charge in [-0.05, 0) is 44.5 Å². The van der Waals surface area contributed by atoms with Gasteiger partial charge in [0.05, 0.1) is 26.2 Å². The Hall–Kier alpha value is 0.527. The number of unbranched alkanes of at least 4 members (excludes halogenated alkanes) is 4. The molecule has 0 aromatic heterocycles. The van der Waals surface area contributed by atoms with Crippen LogP contribution in [0.25, 0.3) is 0 Å². The molecule has 0 aromatic carbocycles. The molecule has 0 rings (SSSR count). The standard InChI is InChI=1S/C16H36N.C3H12SSi/c1-5-9-13-17(14-10-6-2,15-11-7-3)16-12-8-4;1-4(2,3)5/h5-16H2,1-4H3;1-3,5H3/q+1;. The third kappa shape index (κ3) is 18.6. The van der Waals surface area contributed by atoms with E-state index in [0.717, 1.165) is 0 Å². The highest BCUT2D eigenvalue weighted by Gasteiger charge is 2.24. The summed E-state index contributed by atoms with van der Waals surface area (Å²) in [7, 11) is 1.36. The van der Waals surface area contributed by atoms with Gasteiger partial charge in [-0.15, -0.1) is 0 Å². The molecule has 1 nitrogen and oxygen atoms in total. The Morgan fingerprint density at radius 2 is 0.773 bits per heavy atom. The van der Waals surface area contributed by atoms with Crippen LogP contribution in [0.15, 0.2) is 0 Å². The molecule has 0 aliphatic carbocycles. The predicted octanol–water partition coefficient (Wildman–Crippen LogP) is 4.96. The highest BCUT2D eigenvalue weighted by atomic mass is 32.4. The summed E-state index contributed by atoms with van der Waals surface area (Å²) in [6, 6.07) is 0. The van der Waals surface area contributed by atoms with Crippen molar-refractivity contribution in [3.05, 3.63) is 0 Å². The molecule has 0 N–H and O–H groups in total. The fourth-order valence-electron chi connectivity index (χ4n) is 2.64. The smallest absolute Gasteiger partial charge is 0.0786 e. The Bertz CT molecular complexity index is 182. The quantitative estimate of drug-likeness (QED) is 0.344. The normalized spacial score (nSPS) is 12.9. The minimum absolute atomic E-state index is 0.0278. The van der Waals surface area contributed by atoms with Crippen LogP contribution in [0.3, 0.4) is 0 Å². The molecule has 0 saturated heterocycles. The third-order valence-corrected chi connectivity index (χ3v) is 3.94. The Balaban J connectivity index is 0. The van der Waals surface area contributed by atoms with E-state index in [1.54, 1.807) is 0 Å². The topological polar surface area (TPSA) is 0 Å². The first-order chi connectivity index (χ1) is 10.2. The molecule has 0 unspecified atom stereocenters. The van der Waals surface area contributed by atoms with Gasteiger partial charge in [-0.3, -0.25) is 9.48 Å². The first kappa shape index (κ1) is 24.8. The molecular weight excluding hydrogens is 302 g/mol. The van der Waals surface area contributed by atoms with Crippen molar-refractivity contribution in [3.8, 4) is 0 Å². The Kier molecular flexibility index (Phi) is 17.0. The summed E-state index contributed by atoms with van der Waals surface area (Å²) < 4.78 is 1.42. The van der Waals surface area contributed by atoms with Gasteiger partial charge in [0.1, 0.15) is 0 Å².